The Hall–Kier alpha value is -2.24. The van der Waals surface area contributed by atoms with E-state index >= 15 is 0 Å². The first-order valence-electron chi connectivity index (χ1n) is 8.77. The number of nitrogens with one attached hydrogen (secondary N) is 1. The van der Waals surface area contributed by atoms with Gasteiger partial charge in [-0.25, -0.2) is 4.79 Å². The van der Waals surface area contributed by atoms with Crippen LogP contribution in [-0.2, 0) is 13.1 Å². The van der Waals surface area contributed by atoms with Crippen LogP contribution >= 0.6 is 11.6 Å². The van der Waals surface area contributed by atoms with Crippen LogP contribution in [0.2, 0.25) is 5.02 Å². The van der Waals surface area contributed by atoms with E-state index in [1.54, 1.807) is 19.2 Å². The second-order valence-corrected chi connectivity index (χ2v) is 6.80. The van der Waals surface area contributed by atoms with Crippen LogP contribution in [0.4, 0.5) is 4.79 Å². The molecular formula is C20H24ClN3O2. The lowest BCUT2D eigenvalue weighted by Crippen LogP contribution is -2.51. The van der Waals surface area contributed by atoms with Crippen molar-refractivity contribution in [2.45, 2.75) is 13.1 Å². The molecule has 2 amide bonds. The van der Waals surface area contributed by atoms with E-state index in [4.69, 9.17) is 16.3 Å². The van der Waals surface area contributed by atoms with Crippen molar-refractivity contribution in [3.63, 3.8) is 0 Å². The molecule has 0 aromatic heterocycles. The first-order valence-corrected chi connectivity index (χ1v) is 9.15. The van der Waals surface area contributed by atoms with Gasteiger partial charge in [-0.05, 0) is 17.7 Å². The van der Waals surface area contributed by atoms with Crippen molar-refractivity contribution in [2.24, 2.45) is 0 Å². The van der Waals surface area contributed by atoms with E-state index in [0.717, 1.165) is 38.3 Å². The summed E-state index contributed by atoms with van der Waals surface area (Å²) in [6, 6.07) is 15.8. The molecule has 2 aromatic carbocycles. The van der Waals surface area contributed by atoms with Crippen LogP contribution in [0.3, 0.4) is 0 Å². The van der Waals surface area contributed by atoms with Gasteiger partial charge in [0.15, 0.2) is 0 Å². The number of hydrogen-bond donors (Lipinski definition) is 1. The van der Waals surface area contributed by atoms with E-state index in [1.807, 2.05) is 17.0 Å². The minimum Gasteiger partial charge on any atom is -0.496 e. The van der Waals surface area contributed by atoms with E-state index < -0.39 is 0 Å². The molecule has 0 unspecified atom stereocenters. The van der Waals surface area contributed by atoms with E-state index in [9.17, 15) is 4.79 Å². The van der Waals surface area contributed by atoms with Crippen LogP contribution in [0.25, 0.3) is 0 Å². The van der Waals surface area contributed by atoms with Crippen molar-refractivity contribution in [2.75, 3.05) is 33.3 Å². The van der Waals surface area contributed by atoms with E-state index in [0.29, 0.717) is 17.3 Å². The van der Waals surface area contributed by atoms with Gasteiger partial charge in [0, 0.05) is 49.9 Å². The molecular weight excluding hydrogens is 350 g/mol. The third kappa shape index (κ3) is 4.90. The molecule has 2 aromatic rings. The number of nitrogens with zero attached hydrogens (tertiary/aromatic N) is 2. The van der Waals surface area contributed by atoms with Crippen molar-refractivity contribution in [3.8, 4) is 5.75 Å². The fraction of sp³-hybridized carbons (Fsp3) is 0.350. The number of halogens is 1. The normalized spacial score (nSPS) is 14.9. The SMILES string of the molecule is COc1cc(Cl)ccc1CNC(=O)N1CCN(Cc2ccccc2)CC1. The average Bonchev–Trinajstić information content (AvgIpc) is 2.68. The third-order valence-corrected chi connectivity index (χ3v) is 4.82. The second-order valence-electron chi connectivity index (χ2n) is 6.36. The van der Waals surface area contributed by atoms with Crippen molar-refractivity contribution in [3.05, 3.63) is 64.7 Å². The lowest BCUT2D eigenvalue weighted by Gasteiger charge is -2.34. The van der Waals surface area contributed by atoms with Crippen molar-refractivity contribution in [1.82, 2.24) is 15.1 Å². The van der Waals surface area contributed by atoms with Gasteiger partial charge >= 0.3 is 6.03 Å². The summed E-state index contributed by atoms with van der Waals surface area (Å²) in [4.78, 5) is 16.7. The highest BCUT2D eigenvalue weighted by Crippen LogP contribution is 2.23. The molecule has 1 aliphatic rings. The lowest BCUT2D eigenvalue weighted by atomic mass is 10.2. The van der Waals surface area contributed by atoms with Crippen LogP contribution in [-0.4, -0.2) is 49.1 Å². The Labute approximate surface area is 159 Å². The topological polar surface area (TPSA) is 44.8 Å². The molecule has 1 saturated heterocycles. The molecule has 138 valence electrons. The van der Waals surface area contributed by atoms with Crippen LogP contribution in [0.5, 0.6) is 5.75 Å². The molecule has 0 bridgehead atoms. The molecule has 1 aliphatic heterocycles. The summed E-state index contributed by atoms with van der Waals surface area (Å²) < 4.78 is 5.32. The van der Waals surface area contributed by atoms with Crippen LogP contribution in [0.1, 0.15) is 11.1 Å². The van der Waals surface area contributed by atoms with E-state index in [2.05, 4.69) is 34.5 Å². The second kappa shape index (κ2) is 8.92. The summed E-state index contributed by atoms with van der Waals surface area (Å²) in [5, 5.41) is 3.59. The van der Waals surface area contributed by atoms with E-state index in [1.165, 1.54) is 5.56 Å². The predicted molar refractivity (Wildman–Crippen MR) is 104 cm³/mol. The standard InChI is InChI=1S/C20H24ClN3O2/c1-26-19-13-18(21)8-7-17(19)14-22-20(25)24-11-9-23(10-12-24)15-16-5-3-2-4-6-16/h2-8,13H,9-12,14-15H2,1H3,(H,22,25). The zero-order valence-electron chi connectivity index (χ0n) is 15.0. The number of amides is 2. The van der Waals surface area contributed by atoms with Gasteiger partial charge in [0.2, 0.25) is 0 Å². The van der Waals surface area contributed by atoms with Crippen molar-refractivity contribution in [1.29, 1.82) is 0 Å². The van der Waals surface area contributed by atoms with Crippen LogP contribution in [0, 0.1) is 0 Å². The fourth-order valence-electron chi connectivity index (χ4n) is 3.10. The fourth-order valence-corrected chi connectivity index (χ4v) is 3.26. The number of methoxy groups -OCH3 is 1. The number of carbonyl (C=O) groups excluding carboxylic acids is 1. The van der Waals surface area contributed by atoms with Gasteiger partial charge in [-0.2, -0.15) is 0 Å². The highest BCUT2D eigenvalue weighted by atomic mass is 35.5. The van der Waals surface area contributed by atoms with Gasteiger partial charge in [0.25, 0.3) is 0 Å². The predicted octanol–water partition coefficient (Wildman–Crippen LogP) is 3.38. The smallest absolute Gasteiger partial charge is 0.317 e. The van der Waals surface area contributed by atoms with Crippen LogP contribution in [0.15, 0.2) is 48.5 Å². The third-order valence-electron chi connectivity index (χ3n) is 4.59. The van der Waals surface area contributed by atoms with Gasteiger partial charge in [-0.3, -0.25) is 4.90 Å². The minimum atomic E-state index is -0.0404. The van der Waals surface area contributed by atoms with Crippen molar-refractivity contribution < 1.29 is 9.53 Å². The molecule has 0 atom stereocenters. The summed E-state index contributed by atoms with van der Waals surface area (Å²) in [6.07, 6.45) is 0. The molecule has 0 radical (unpaired) electrons. The first-order chi connectivity index (χ1) is 12.7. The Balaban J connectivity index is 1.47. The van der Waals surface area contributed by atoms with Gasteiger partial charge in [-0.1, -0.05) is 48.0 Å². The van der Waals surface area contributed by atoms with Gasteiger partial charge < -0.3 is 15.0 Å². The monoisotopic (exact) mass is 373 g/mol. The Morgan fingerprint density at radius 3 is 2.54 bits per heavy atom. The number of urea groups is 1. The maximum Gasteiger partial charge on any atom is 0.317 e. The van der Waals surface area contributed by atoms with Gasteiger partial charge in [0.05, 0.1) is 7.11 Å². The number of benzene rings is 2. The number of ether oxygens (including phenoxy) is 1. The molecule has 0 aliphatic carbocycles. The number of hydrogen-bond acceptors (Lipinski definition) is 3. The van der Waals surface area contributed by atoms with Crippen molar-refractivity contribution >= 4 is 17.6 Å². The summed E-state index contributed by atoms with van der Waals surface area (Å²) in [5.41, 5.74) is 2.22. The maximum atomic E-state index is 12.4. The number of carbonyl (C=O) groups is 1. The zero-order valence-corrected chi connectivity index (χ0v) is 15.7. The van der Waals surface area contributed by atoms with Gasteiger partial charge in [-0.15, -0.1) is 0 Å². The summed E-state index contributed by atoms with van der Waals surface area (Å²) >= 11 is 5.97. The molecule has 1 fully saturated rings. The van der Waals surface area contributed by atoms with Crippen LogP contribution < -0.4 is 10.1 Å². The summed E-state index contributed by atoms with van der Waals surface area (Å²) in [7, 11) is 1.60. The highest BCUT2D eigenvalue weighted by Gasteiger charge is 2.21. The Kier molecular flexibility index (Phi) is 6.36. The first kappa shape index (κ1) is 18.5. The molecule has 1 N–H and O–H groups in total. The quantitative estimate of drug-likeness (QED) is 0.873. The highest BCUT2D eigenvalue weighted by molar-refractivity contribution is 6.30. The van der Waals surface area contributed by atoms with E-state index in [-0.39, 0.29) is 6.03 Å². The minimum absolute atomic E-state index is 0.0404. The van der Waals surface area contributed by atoms with Gasteiger partial charge in [0.1, 0.15) is 5.75 Å². The molecule has 3 rings (SSSR count). The molecule has 26 heavy (non-hydrogen) atoms. The largest absolute Gasteiger partial charge is 0.496 e. The summed E-state index contributed by atoms with van der Waals surface area (Å²) in [6.45, 7) is 4.58. The summed E-state index contributed by atoms with van der Waals surface area (Å²) in [5.74, 6) is 0.686. The Bertz CT molecular complexity index is 731. The lowest BCUT2D eigenvalue weighted by molar-refractivity contribution is 0.135. The zero-order chi connectivity index (χ0) is 18.4. The molecule has 0 saturated carbocycles. The number of rotatable bonds is 5. The number of piperazine rings is 1. The molecule has 5 nitrogen and oxygen atoms in total. The Morgan fingerprint density at radius 2 is 1.85 bits per heavy atom. The maximum absolute atomic E-state index is 12.4. The average molecular weight is 374 g/mol. The molecule has 1 heterocycles. The Morgan fingerprint density at radius 1 is 1.12 bits per heavy atom. The molecule has 6 heteroatoms. The molecule has 0 spiro atoms.